The van der Waals surface area contributed by atoms with Gasteiger partial charge < -0.3 is 10.4 Å². The molecule has 0 bridgehead atoms. The molecule has 2 aromatic carbocycles. The Morgan fingerprint density at radius 2 is 1.61 bits per heavy atom. The van der Waals surface area contributed by atoms with Crippen LogP contribution in [0.4, 0.5) is 5.69 Å². The standard InChI is InChI=1S/C13H10BrCl2NO/c14-9-3-1-8(2-4-9)7-17-10-5-11(15)13(18)12(16)6-10/h1-6,17-18H,7H2. The van der Waals surface area contributed by atoms with Crippen molar-refractivity contribution in [3.63, 3.8) is 0 Å². The fraction of sp³-hybridized carbons (Fsp3) is 0.0769. The summed E-state index contributed by atoms with van der Waals surface area (Å²) in [5, 5.41) is 13.1. The second-order valence-electron chi connectivity index (χ2n) is 3.77. The minimum atomic E-state index is -0.0903. The van der Waals surface area contributed by atoms with E-state index in [4.69, 9.17) is 23.2 Å². The zero-order chi connectivity index (χ0) is 13.1. The Balaban J connectivity index is 2.08. The molecule has 2 nitrogen and oxygen atoms in total. The van der Waals surface area contributed by atoms with Crippen molar-refractivity contribution in [1.29, 1.82) is 0 Å². The molecular formula is C13H10BrCl2NO. The van der Waals surface area contributed by atoms with Crippen LogP contribution in [0, 0.1) is 0 Å². The zero-order valence-corrected chi connectivity index (χ0v) is 12.4. The molecule has 0 spiro atoms. The summed E-state index contributed by atoms with van der Waals surface area (Å²) >= 11 is 15.1. The summed E-state index contributed by atoms with van der Waals surface area (Å²) in [5.74, 6) is -0.0903. The van der Waals surface area contributed by atoms with Crippen molar-refractivity contribution in [3.8, 4) is 5.75 Å². The van der Waals surface area contributed by atoms with E-state index in [1.54, 1.807) is 12.1 Å². The third kappa shape index (κ3) is 3.31. The lowest BCUT2D eigenvalue weighted by atomic mass is 10.2. The van der Waals surface area contributed by atoms with E-state index in [1.807, 2.05) is 24.3 Å². The third-order valence-electron chi connectivity index (χ3n) is 2.43. The third-order valence-corrected chi connectivity index (χ3v) is 3.53. The quantitative estimate of drug-likeness (QED) is 0.760. The van der Waals surface area contributed by atoms with Crippen molar-refractivity contribution in [2.45, 2.75) is 6.54 Å². The van der Waals surface area contributed by atoms with Crippen molar-refractivity contribution >= 4 is 44.8 Å². The fourth-order valence-electron chi connectivity index (χ4n) is 1.47. The molecule has 0 atom stereocenters. The molecule has 5 heteroatoms. The molecule has 0 unspecified atom stereocenters. The molecule has 0 aliphatic carbocycles. The van der Waals surface area contributed by atoms with Crippen LogP contribution < -0.4 is 5.32 Å². The van der Waals surface area contributed by atoms with Crippen LogP contribution in [0.5, 0.6) is 5.75 Å². The summed E-state index contributed by atoms with van der Waals surface area (Å²) in [6.07, 6.45) is 0. The van der Waals surface area contributed by atoms with Gasteiger partial charge in [0.2, 0.25) is 0 Å². The normalized spacial score (nSPS) is 10.4. The van der Waals surface area contributed by atoms with Crippen LogP contribution in [-0.2, 0) is 6.54 Å². The number of hydrogen-bond acceptors (Lipinski definition) is 2. The molecule has 0 aliphatic heterocycles. The molecular weight excluding hydrogens is 337 g/mol. The van der Waals surface area contributed by atoms with Gasteiger partial charge in [0.05, 0.1) is 10.0 Å². The van der Waals surface area contributed by atoms with Gasteiger partial charge in [-0.1, -0.05) is 51.3 Å². The van der Waals surface area contributed by atoms with Gasteiger partial charge in [-0.2, -0.15) is 0 Å². The van der Waals surface area contributed by atoms with E-state index in [1.165, 1.54) is 0 Å². The Labute approximate surface area is 124 Å². The largest absolute Gasteiger partial charge is 0.505 e. The summed E-state index contributed by atoms with van der Waals surface area (Å²) in [5.41, 5.74) is 1.91. The van der Waals surface area contributed by atoms with Crippen LogP contribution in [-0.4, -0.2) is 5.11 Å². The maximum absolute atomic E-state index is 9.45. The molecule has 18 heavy (non-hydrogen) atoms. The predicted octanol–water partition coefficient (Wildman–Crippen LogP) is 5.07. The van der Waals surface area contributed by atoms with E-state index in [-0.39, 0.29) is 15.8 Å². The molecule has 0 radical (unpaired) electrons. The smallest absolute Gasteiger partial charge is 0.152 e. The van der Waals surface area contributed by atoms with E-state index in [9.17, 15) is 5.11 Å². The van der Waals surface area contributed by atoms with E-state index in [0.717, 1.165) is 15.7 Å². The average molecular weight is 347 g/mol. The molecule has 2 aromatic rings. The van der Waals surface area contributed by atoms with Crippen molar-refractivity contribution < 1.29 is 5.11 Å². The number of nitrogens with one attached hydrogen (secondary N) is 1. The van der Waals surface area contributed by atoms with Crippen LogP contribution in [0.2, 0.25) is 10.0 Å². The Morgan fingerprint density at radius 1 is 1.06 bits per heavy atom. The second kappa shape index (κ2) is 5.83. The highest BCUT2D eigenvalue weighted by Crippen LogP contribution is 2.34. The monoisotopic (exact) mass is 345 g/mol. The van der Waals surface area contributed by atoms with Gasteiger partial charge in [0.15, 0.2) is 5.75 Å². The highest BCUT2D eigenvalue weighted by atomic mass is 79.9. The van der Waals surface area contributed by atoms with Gasteiger partial charge in [-0.05, 0) is 29.8 Å². The molecule has 0 aliphatic rings. The Morgan fingerprint density at radius 3 is 2.17 bits per heavy atom. The Hall–Kier alpha value is -0.900. The van der Waals surface area contributed by atoms with Crippen LogP contribution in [0.1, 0.15) is 5.56 Å². The van der Waals surface area contributed by atoms with Gasteiger partial charge in [0.1, 0.15) is 0 Å². The molecule has 0 heterocycles. The first-order chi connectivity index (χ1) is 8.56. The van der Waals surface area contributed by atoms with Crippen LogP contribution in [0.25, 0.3) is 0 Å². The molecule has 0 aromatic heterocycles. The molecule has 0 amide bonds. The highest BCUT2D eigenvalue weighted by Gasteiger charge is 2.06. The number of hydrogen-bond donors (Lipinski definition) is 2. The number of rotatable bonds is 3. The van der Waals surface area contributed by atoms with Gasteiger partial charge in [-0.25, -0.2) is 0 Å². The molecule has 2 N–H and O–H groups in total. The van der Waals surface area contributed by atoms with Gasteiger partial charge >= 0.3 is 0 Å². The van der Waals surface area contributed by atoms with Gasteiger partial charge in [-0.3, -0.25) is 0 Å². The molecule has 0 saturated carbocycles. The van der Waals surface area contributed by atoms with E-state index < -0.39 is 0 Å². The van der Waals surface area contributed by atoms with Crippen molar-refractivity contribution in [1.82, 2.24) is 0 Å². The minimum Gasteiger partial charge on any atom is -0.505 e. The van der Waals surface area contributed by atoms with E-state index in [2.05, 4.69) is 21.2 Å². The summed E-state index contributed by atoms with van der Waals surface area (Å²) in [7, 11) is 0. The average Bonchev–Trinajstić information content (AvgIpc) is 2.35. The summed E-state index contributed by atoms with van der Waals surface area (Å²) in [6.45, 7) is 0.657. The lowest BCUT2D eigenvalue weighted by Crippen LogP contribution is -1.99. The number of benzene rings is 2. The molecule has 0 saturated heterocycles. The first kappa shape index (κ1) is 13.5. The van der Waals surface area contributed by atoms with E-state index >= 15 is 0 Å². The maximum atomic E-state index is 9.45. The Kier molecular flexibility index (Phi) is 4.38. The lowest BCUT2D eigenvalue weighted by Gasteiger charge is -2.09. The number of anilines is 1. The van der Waals surface area contributed by atoms with Crippen molar-refractivity contribution in [3.05, 3.63) is 56.5 Å². The number of halogens is 3. The van der Waals surface area contributed by atoms with Gasteiger partial charge in [-0.15, -0.1) is 0 Å². The van der Waals surface area contributed by atoms with Crippen LogP contribution >= 0.6 is 39.1 Å². The minimum absolute atomic E-state index is 0.0903. The van der Waals surface area contributed by atoms with Crippen molar-refractivity contribution in [2.24, 2.45) is 0 Å². The predicted molar refractivity (Wildman–Crippen MR) is 79.6 cm³/mol. The number of phenols is 1. The van der Waals surface area contributed by atoms with Crippen LogP contribution in [0.3, 0.4) is 0 Å². The first-order valence-electron chi connectivity index (χ1n) is 5.22. The molecule has 94 valence electrons. The summed E-state index contributed by atoms with van der Waals surface area (Å²) in [6, 6.07) is 11.3. The molecule has 0 fully saturated rings. The first-order valence-corrected chi connectivity index (χ1v) is 6.77. The summed E-state index contributed by atoms with van der Waals surface area (Å²) < 4.78 is 1.04. The van der Waals surface area contributed by atoms with Gasteiger partial charge in [0.25, 0.3) is 0 Å². The van der Waals surface area contributed by atoms with Gasteiger partial charge in [0, 0.05) is 16.7 Å². The topological polar surface area (TPSA) is 32.3 Å². The van der Waals surface area contributed by atoms with Crippen molar-refractivity contribution in [2.75, 3.05) is 5.32 Å². The highest BCUT2D eigenvalue weighted by molar-refractivity contribution is 9.10. The Bertz CT molecular complexity index is 534. The maximum Gasteiger partial charge on any atom is 0.152 e. The molecule has 2 rings (SSSR count). The number of aromatic hydroxyl groups is 1. The number of phenolic OH excluding ortho intramolecular Hbond substituents is 1. The van der Waals surface area contributed by atoms with E-state index in [0.29, 0.717) is 6.54 Å². The lowest BCUT2D eigenvalue weighted by molar-refractivity contribution is 0.476. The zero-order valence-electron chi connectivity index (χ0n) is 9.25. The van der Waals surface area contributed by atoms with Crippen LogP contribution in [0.15, 0.2) is 40.9 Å². The summed E-state index contributed by atoms with van der Waals surface area (Å²) in [4.78, 5) is 0. The second-order valence-corrected chi connectivity index (χ2v) is 5.50. The fourth-order valence-corrected chi connectivity index (χ4v) is 2.23. The SMILES string of the molecule is Oc1c(Cl)cc(NCc2ccc(Br)cc2)cc1Cl.